The summed E-state index contributed by atoms with van der Waals surface area (Å²) in [5.74, 6) is 1.03. The van der Waals surface area contributed by atoms with Crippen LogP contribution in [0, 0.1) is 12.8 Å². The van der Waals surface area contributed by atoms with E-state index in [1.165, 1.54) is 25.7 Å². The fourth-order valence-electron chi connectivity index (χ4n) is 1.12. The Hall–Kier alpha value is 0.0200. The van der Waals surface area contributed by atoms with Crippen LogP contribution in [-0.4, -0.2) is 5.11 Å². The van der Waals surface area contributed by atoms with Gasteiger partial charge in [0.15, 0.2) is 0 Å². The molecular formula is C14H23NaO. The van der Waals surface area contributed by atoms with Gasteiger partial charge in [-0.3, -0.25) is 0 Å². The Labute approximate surface area is 123 Å². The monoisotopic (exact) mass is 230 g/mol. The second-order valence-corrected chi connectivity index (χ2v) is 3.75. The maximum Gasteiger partial charge on any atom is 1.00 e. The van der Waals surface area contributed by atoms with Gasteiger partial charge in [0.05, 0.1) is 0 Å². The van der Waals surface area contributed by atoms with Gasteiger partial charge in [0.25, 0.3) is 0 Å². The summed E-state index contributed by atoms with van der Waals surface area (Å²) in [6, 6.07) is 8.71. The Balaban J connectivity index is 0. The van der Waals surface area contributed by atoms with Crippen LogP contribution in [0.25, 0.3) is 0 Å². The normalized spacial score (nSPS) is 10.7. The minimum Gasteiger partial charge on any atom is -0.508 e. The molecule has 1 N–H and O–H groups in total. The minimum absolute atomic E-state index is 0. The van der Waals surface area contributed by atoms with Crippen molar-refractivity contribution in [1.82, 2.24) is 0 Å². The van der Waals surface area contributed by atoms with Crippen molar-refractivity contribution in [3.05, 3.63) is 37.3 Å². The summed E-state index contributed by atoms with van der Waals surface area (Å²) >= 11 is 0. The number of aromatic hydroxyl groups is 1. The number of benzene rings is 1. The third-order valence-corrected chi connectivity index (χ3v) is 2.30. The third kappa shape index (κ3) is 12.1. The Bertz CT molecular complexity index is 223. The number of phenols is 1. The number of hydrogen-bond acceptors (Lipinski definition) is 1. The van der Waals surface area contributed by atoms with Crippen molar-refractivity contribution in [1.29, 1.82) is 0 Å². The summed E-state index contributed by atoms with van der Waals surface area (Å²) in [6.07, 6.45) is 5.21. The molecule has 1 unspecified atom stereocenters. The first-order chi connectivity index (χ1) is 7.20. The van der Waals surface area contributed by atoms with Gasteiger partial charge in [-0.1, -0.05) is 57.7 Å². The molecule has 0 saturated carbocycles. The van der Waals surface area contributed by atoms with E-state index >= 15 is 0 Å². The Morgan fingerprint density at radius 3 is 2.06 bits per heavy atom. The zero-order valence-electron chi connectivity index (χ0n) is 10.9. The maximum absolute atomic E-state index is 8.63. The van der Waals surface area contributed by atoms with E-state index in [4.69, 9.17) is 5.11 Å². The zero-order chi connectivity index (χ0) is 11.5. The molecule has 16 heavy (non-hydrogen) atoms. The van der Waals surface area contributed by atoms with Crippen molar-refractivity contribution in [3.8, 4) is 5.75 Å². The molecular weight excluding hydrogens is 207 g/mol. The molecule has 86 valence electrons. The summed E-state index contributed by atoms with van der Waals surface area (Å²) in [5, 5.41) is 8.63. The molecule has 1 aromatic carbocycles. The van der Waals surface area contributed by atoms with Gasteiger partial charge >= 0.3 is 29.6 Å². The number of unbranched alkanes of at least 4 members (excludes halogenated alkanes) is 1. The van der Waals surface area contributed by atoms with E-state index < -0.39 is 0 Å². The van der Waals surface area contributed by atoms with Gasteiger partial charge in [0.2, 0.25) is 0 Å². The van der Waals surface area contributed by atoms with Crippen molar-refractivity contribution in [2.75, 3.05) is 0 Å². The fraction of sp³-hybridized carbons (Fsp3) is 0.500. The predicted octanol–water partition coefficient (Wildman–Crippen LogP) is 1.43. The smallest absolute Gasteiger partial charge is 0.508 e. The molecule has 0 bridgehead atoms. The van der Waals surface area contributed by atoms with Crippen LogP contribution < -0.4 is 29.6 Å². The van der Waals surface area contributed by atoms with E-state index in [2.05, 4.69) is 20.8 Å². The molecule has 0 radical (unpaired) electrons. The van der Waals surface area contributed by atoms with Crippen LogP contribution in [0.5, 0.6) is 5.75 Å². The first kappa shape index (κ1) is 18.4. The van der Waals surface area contributed by atoms with Crippen LogP contribution >= 0.6 is 0 Å². The van der Waals surface area contributed by atoms with Gasteiger partial charge in [-0.25, -0.2) is 0 Å². The molecule has 0 aliphatic carbocycles. The molecule has 0 aromatic heterocycles. The molecule has 0 aliphatic heterocycles. The summed E-state index contributed by atoms with van der Waals surface area (Å²) < 4.78 is 0. The second kappa shape index (κ2) is 13.1. The molecule has 0 saturated heterocycles. The SMILES string of the molecule is Oc1ccccc1.[CH2-]C(CC)CCCC.[Na+]. The van der Waals surface area contributed by atoms with Crippen LogP contribution in [-0.2, 0) is 0 Å². The Morgan fingerprint density at radius 1 is 1.19 bits per heavy atom. The summed E-state index contributed by atoms with van der Waals surface area (Å²) in [5.41, 5.74) is 0. The summed E-state index contributed by atoms with van der Waals surface area (Å²) in [4.78, 5) is 0. The van der Waals surface area contributed by atoms with Gasteiger partial charge in [-0.05, 0) is 12.1 Å². The van der Waals surface area contributed by atoms with Gasteiger partial charge in [-0.2, -0.15) is 5.92 Å². The molecule has 0 fully saturated rings. The van der Waals surface area contributed by atoms with E-state index in [0.29, 0.717) is 11.7 Å². The van der Waals surface area contributed by atoms with E-state index in [1.54, 1.807) is 24.3 Å². The van der Waals surface area contributed by atoms with Crippen LogP contribution in [0.15, 0.2) is 30.3 Å². The topological polar surface area (TPSA) is 20.2 Å². The molecule has 0 heterocycles. The largest absolute Gasteiger partial charge is 1.00 e. The molecule has 1 nitrogen and oxygen atoms in total. The van der Waals surface area contributed by atoms with Crippen LogP contribution in [0.2, 0.25) is 0 Å². The Kier molecular flexibility index (Phi) is 15.0. The number of para-hydroxylation sites is 1. The molecule has 2 heteroatoms. The van der Waals surface area contributed by atoms with Crippen LogP contribution in [0.1, 0.15) is 39.5 Å². The van der Waals surface area contributed by atoms with Crippen LogP contribution in [0.3, 0.4) is 0 Å². The minimum atomic E-state index is 0. The van der Waals surface area contributed by atoms with Crippen molar-refractivity contribution in [2.24, 2.45) is 5.92 Å². The van der Waals surface area contributed by atoms with Crippen molar-refractivity contribution in [2.45, 2.75) is 39.5 Å². The molecule has 0 aliphatic rings. The van der Waals surface area contributed by atoms with E-state index in [0.717, 1.165) is 0 Å². The maximum atomic E-state index is 8.63. The molecule has 1 aromatic rings. The van der Waals surface area contributed by atoms with E-state index in [-0.39, 0.29) is 29.6 Å². The van der Waals surface area contributed by atoms with Gasteiger partial charge in [-0.15, -0.1) is 0 Å². The average Bonchev–Trinajstić information content (AvgIpc) is 2.28. The standard InChI is InChI=1S/C8H17.C6H6O.Na/c1-4-6-7-8(3)5-2;7-6-4-2-1-3-5-6;/h8H,3-7H2,1-2H3;1-5,7H;/q-1;;+1. The van der Waals surface area contributed by atoms with E-state index in [9.17, 15) is 0 Å². The van der Waals surface area contributed by atoms with E-state index in [1.807, 2.05) is 6.07 Å². The zero-order valence-corrected chi connectivity index (χ0v) is 12.9. The molecule has 0 amide bonds. The number of phenolic OH excluding ortho intramolecular Hbond substituents is 1. The molecule has 1 atom stereocenters. The second-order valence-electron chi connectivity index (χ2n) is 3.75. The fourth-order valence-corrected chi connectivity index (χ4v) is 1.12. The number of rotatable bonds is 4. The van der Waals surface area contributed by atoms with Crippen molar-refractivity contribution < 1.29 is 34.7 Å². The first-order valence-electron chi connectivity index (χ1n) is 5.77. The van der Waals surface area contributed by atoms with Crippen LogP contribution in [0.4, 0.5) is 0 Å². The van der Waals surface area contributed by atoms with Gasteiger partial charge in [0.1, 0.15) is 5.75 Å². The molecule has 0 spiro atoms. The average molecular weight is 230 g/mol. The molecule has 1 rings (SSSR count). The van der Waals surface area contributed by atoms with Crippen molar-refractivity contribution in [3.63, 3.8) is 0 Å². The third-order valence-electron chi connectivity index (χ3n) is 2.30. The van der Waals surface area contributed by atoms with Crippen molar-refractivity contribution >= 4 is 0 Å². The quantitative estimate of drug-likeness (QED) is 0.613. The van der Waals surface area contributed by atoms with Gasteiger partial charge in [0, 0.05) is 0 Å². The number of hydrogen-bond donors (Lipinski definition) is 1. The predicted molar refractivity (Wildman–Crippen MR) is 66.8 cm³/mol. The summed E-state index contributed by atoms with van der Waals surface area (Å²) in [7, 11) is 0. The Morgan fingerprint density at radius 2 is 1.75 bits per heavy atom. The first-order valence-corrected chi connectivity index (χ1v) is 5.77. The van der Waals surface area contributed by atoms with Gasteiger partial charge < -0.3 is 12.0 Å². The summed E-state index contributed by atoms with van der Waals surface area (Å²) in [6.45, 7) is 8.42.